The molecule has 6 nitrogen and oxygen atoms in total. The van der Waals surface area contributed by atoms with E-state index in [-0.39, 0.29) is 0 Å². The van der Waals surface area contributed by atoms with Crippen molar-refractivity contribution in [3.05, 3.63) is 24.5 Å². The predicted octanol–water partition coefficient (Wildman–Crippen LogP) is 1.29. The fraction of sp³-hybridized carbons (Fsp3) is 0.533. The van der Waals surface area contributed by atoms with Gasteiger partial charge in [-0.1, -0.05) is 0 Å². The van der Waals surface area contributed by atoms with Crippen LogP contribution >= 0.6 is 0 Å². The number of nitrogens with zero attached hydrogens (tertiary/aromatic N) is 4. The number of rotatable bonds is 3. The van der Waals surface area contributed by atoms with Gasteiger partial charge in [0.25, 0.3) is 0 Å². The van der Waals surface area contributed by atoms with Gasteiger partial charge in [-0.15, -0.1) is 0 Å². The van der Waals surface area contributed by atoms with Crippen LogP contribution in [0, 0.1) is 0 Å². The molecule has 0 bridgehead atoms. The van der Waals surface area contributed by atoms with E-state index < -0.39 is 10.0 Å². The van der Waals surface area contributed by atoms with Crippen molar-refractivity contribution < 1.29 is 8.42 Å². The Labute approximate surface area is 131 Å². The van der Waals surface area contributed by atoms with Gasteiger partial charge in [0.15, 0.2) is 0 Å². The summed E-state index contributed by atoms with van der Waals surface area (Å²) in [4.78, 5) is 6.75. The molecular weight excluding hydrogens is 300 g/mol. The summed E-state index contributed by atoms with van der Waals surface area (Å²) >= 11 is 0. The summed E-state index contributed by atoms with van der Waals surface area (Å²) in [6, 6.07) is 5.63. The zero-order valence-corrected chi connectivity index (χ0v) is 14.0. The second kappa shape index (κ2) is 5.64. The molecule has 1 saturated heterocycles. The summed E-state index contributed by atoms with van der Waals surface area (Å²) in [6.07, 6.45) is 3.44. The van der Waals surface area contributed by atoms with Crippen LogP contribution in [0.2, 0.25) is 0 Å². The minimum atomic E-state index is -3.43. The fourth-order valence-corrected chi connectivity index (χ4v) is 4.51. The maximum Gasteiger partial charge on any atom is 0.243 e. The lowest BCUT2D eigenvalue weighted by atomic mass is 10.1. The highest BCUT2D eigenvalue weighted by Gasteiger charge is 2.30. The highest BCUT2D eigenvalue weighted by Crippen LogP contribution is 2.24. The lowest BCUT2D eigenvalue weighted by molar-refractivity contribution is 0.196. The molecule has 0 unspecified atom stereocenters. The van der Waals surface area contributed by atoms with E-state index in [1.54, 1.807) is 22.8 Å². The van der Waals surface area contributed by atoms with Crippen molar-refractivity contribution >= 4 is 21.1 Å². The van der Waals surface area contributed by atoms with Crippen molar-refractivity contribution in [3.8, 4) is 0 Å². The standard InChI is InChI=1S/C15H22N4O2S/c1-17(2)12-6-8-19(9-7-12)22(20,21)13-4-5-15-14(10-13)16-11-18(15)3/h4-5,10-12H,6-9H2,1-3H3. The smallest absolute Gasteiger partial charge is 0.243 e. The van der Waals surface area contributed by atoms with Gasteiger partial charge in [0.2, 0.25) is 10.0 Å². The first-order valence-corrected chi connectivity index (χ1v) is 8.91. The minimum Gasteiger partial charge on any atom is -0.334 e. The van der Waals surface area contributed by atoms with Crippen molar-refractivity contribution in [1.29, 1.82) is 0 Å². The summed E-state index contributed by atoms with van der Waals surface area (Å²) in [7, 11) is 2.56. The number of benzene rings is 1. The van der Waals surface area contributed by atoms with E-state index in [9.17, 15) is 8.42 Å². The predicted molar refractivity (Wildman–Crippen MR) is 86.2 cm³/mol. The van der Waals surface area contributed by atoms with Crippen LogP contribution in [0.5, 0.6) is 0 Å². The topological polar surface area (TPSA) is 58.4 Å². The van der Waals surface area contributed by atoms with E-state index in [2.05, 4.69) is 9.88 Å². The van der Waals surface area contributed by atoms with Gasteiger partial charge in [-0.05, 0) is 45.1 Å². The zero-order chi connectivity index (χ0) is 15.9. The van der Waals surface area contributed by atoms with Gasteiger partial charge in [-0.25, -0.2) is 13.4 Å². The zero-order valence-electron chi connectivity index (χ0n) is 13.2. The van der Waals surface area contributed by atoms with Crippen molar-refractivity contribution in [2.24, 2.45) is 7.05 Å². The second-order valence-electron chi connectivity index (χ2n) is 6.10. The molecule has 0 saturated carbocycles. The Balaban J connectivity index is 1.85. The van der Waals surface area contributed by atoms with E-state index in [0.717, 1.165) is 18.4 Å². The molecule has 7 heteroatoms. The van der Waals surface area contributed by atoms with Crippen LogP contribution in [0.25, 0.3) is 11.0 Å². The third-order valence-electron chi connectivity index (χ3n) is 4.49. The molecule has 1 fully saturated rings. The van der Waals surface area contributed by atoms with Crippen molar-refractivity contribution in [2.75, 3.05) is 27.2 Å². The number of piperidine rings is 1. The summed E-state index contributed by atoms with van der Waals surface area (Å²) in [5.74, 6) is 0. The Morgan fingerprint density at radius 3 is 2.55 bits per heavy atom. The Bertz CT molecular complexity index is 774. The van der Waals surface area contributed by atoms with Gasteiger partial charge in [0.05, 0.1) is 22.3 Å². The SMILES string of the molecule is CN(C)C1CCN(S(=O)(=O)c2ccc3c(c2)ncn3C)CC1. The number of sulfonamides is 1. The first-order valence-electron chi connectivity index (χ1n) is 7.47. The van der Waals surface area contributed by atoms with Gasteiger partial charge in [0.1, 0.15) is 0 Å². The summed E-state index contributed by atoms with van der Waals surface area (Å²) < 4.78 is 29.1. The number of fused-ring (bicyclic) bond motifs is 1. The first kappa shape index (κ1) is 15.5. The monoisotopic (exact) mass is 322 g/mol. The van der Waals surface area contributed by atoms with E-state index in [0.29, 0.717) is 29.5 Å². The highest BCUT2D eigenvalue weighted by atomic mass is 32.2. The van der Waals surface area contributed by atoms with Crippen LogP contribution in [0.3, 0.4) is 0 Å². The third-order valence-corrected chi connectivity index (χ3v) is 6.38. The van der Waals surface area contributed by atoms with Crippen molar-refractivity contribution in [1.82, 2.24) is 18.8 Å². The first-order chi connectivity index (χ1) is 10.4. The number of aryl methyl sites for hydroxylation is 1. The molecule has 22 heavy (non-hydrogen) atoms. The molecule has 120 valence electrons. The van der Waals surface area contributed by atoms with Crippen LogP contribution in [0.1, 0.15) is 12.8 Å². The average Bonchev–Trinajstić information content (AvgIpc) is 2.88. The highest BCUT2D eigenvalue weighted by molar-refractivity contribution is 7.89. The molecule has 0 aliphatic carbocycles. The van der Waals surface area contributed by atoms with Crippen molar-refractivity contribution in [3.63, 3.8) is 0 Å². The molecule has 0 N–H and O–H groups in total. The minimum absolute atomic E-state index is 0.335. The molecule has 2 heterocycles. The molecule has 0 spiro atoms. The van der Waals surface area contributed by atoms with Gasteiger partial charge < -0.3 is 9.47 Å². The Kier molecular flexibility index (Phi) is 3.96. The maximum atomic E-state index is 12.8. The fourth-order valence-electron chi connectivity index (χ4n) is 3.02. The number of hydrogen-bond acceptors (Lipinski definition) is 4. The molecule has 0 radical (unpaired) electrons. The van der Waals surface area contributed by atoms with Gasteiger partial charge in [-0.3, -0.25) is 0 Å². The third kappa shape index (κ3) is 2.64. The van der Waals surface area contributed by atoms with Gasteiger partial charge in [0, 0.05) is 26.2 Å². The van der Waals surface area contributed by atoms with E-state index in [1.807, 2.05) is 31.8 Å². The molecule has 0 amide bonds. The summed E-state index contributed by atoms with van der Waals surface area (Å²) in [5.41, 5.74) is 1.65. The number of imidazole rings is 1. The molecule has 2 aromatic rings. The van der Waals surface area contributed by atoms with Crippen LogP contribution in [-0.4, -0.2) is 60.4 Å². The maximum absolute atomic E-state index is 12.8. The van der Waals surface area contributed by atoms with Crippen LogP contribution in [0.15, 0.2) is 29.4 Å². The summed E-state index contributed by atoms with van der Waals surface area (Å²) in [6.45, 7) is 1.15. The van der Waals surface area contributed by atoms with E-state index in [4.69, 9.17) is 0 Å². The molecule has 0 atom stereocenters. The van der Waals surface area contributed by atoms with Gasteiger partial charge in [-0.2, -0.15) is 4.31 Å². The lowest BCUT2D eigenvalue weighted by Crippen LogP contribution is -2.44. The lowest BCUT2D eigenvalue weighted by Gasteiger charge is -2.34. The van der Waals surface area contributed by atoms with Crippen LogP contribution in [-0.2, 0) is 17.1 Å². The second-order valence-corrected chi connectivity index (χ2v) is 8.04. The molecular formula is C15H22N4O2S. The van der Waals surface area contributed by atoms with E-state index in [1.165, 1.54) is 0 Å². The largest absolute Gasteiger partial charge is 0.334 e. The molecule has 3 rings (SSSR count). The van der Waals surface area contributed by atoms with Crippen LogP contribution in [0.4, 0.5) is 0 Å². The summed E-state index contributed by atoms with van der Waals surface area (Å²) in [5, 5.41) is 0. The number of hydrogen-bond donors (Lipinski definition) is 0. The molecule has 1 aliphatic rings. The quantitative estimate of drug-likeness (QED) is 0.854. The average molecular weight is 322 g/mol. The van der Waals surface area contributed by atoms with Crippen LogP contribution < -0.4 is 0 Å². The normalized spacial score (nSPS) is 18.4. The molecule has 1 aliphatic heterocycles. The number of aromatic nitrogens is 2. The Morgan fingerprint density at radius 1 is 1.23 bits per heavy atom. The molecule has 1 aromatic carbocycles. The van der Waals surface area contributed by atoms with E-state index >= 15 is 0 Å². The Hall–Kier alpha value is -1.44. The Morgan fingerprint density at radius 2 is 1.91 bits per heavy atom. The van der Waals surface area contributed by atoms with Gasteiger partial charge >= 0.3 is 0 Å². The molecule has 1 aromatic heterocycles. The van der Waals surface area contributed by atoms with Crippen molar-refractivity contribution in [2.45, 2.75) is 23.8 Å².